The van der Waals surface area contributed by atoms with Gasteiger partial charge >= 0.3 is 0 Å². The van der Waals surface area contributed by atoms with E-state index >= 15 is 0 Å². The molecule has 0 unspecified atom stereocenters. The number of hydrogen-bond donors (Lipinski definition) is 1. The van der Waals surface area contributed by atoms with E-state index in [0.29, 0.717) is 5.54 Å². The largest absolute Gasteiger partial charge is 0.310 e. The maximum atomic E-state index is 3.78. The SMILES string of the molecule is CCN1CCCNC2(CCCC2)C1. The Labute approximate surface area is 81.7 Å². The van der Waals surface area contributed by atoms with Crippen molar-refractivity contribution in [2.75, 3.05) is 26.2 Å². The van der Waals surface area contributed by atoms with Crippen molar-refractivity contribution in [3.63, 3.8) is 0 Å². The highest BCUT2D eigenvalue weighted by Gasteiger charge is 2.35. The predicted octanol–water partition coefficient (Wildman–Crippen LogP) is 1.61. The first-order valence-electron chi connectivity index (χ1n) is 5.82. The van der Waals surface area contributed by atoms with Gasteiger partial charge < -0.3 is 10.2 Å². The Morgan fingerprint density at radius 1 is 1.23 bits per heavy atom. The van der Waals surface area contributed by atoms with Gasteiger partial charge in [0.15, 0.2) is 0 Å². The summed E-state index contributed by atoms with van der Waals surface area (Å²) in [6.45, 7) is 7.34. The van der Waals surface area contributed by atoms with Crippen LogP contribution in [0.15, 0.2) is 0 Å². The fraction of sp³-hybridized carbons (Fsp3) is 1.00. The minimum Gasteiger partial charge on any atom is -0.310 e. The van der Waals surface area contributed by atoms with Crippen LogP contribution in [0.25, 0.3) is 0 Å². The topological polar surface area (TPSA) is 15.3 Å². The van der Waals surface area contributed by atoms with E-state index in [1.807, 2.05) is 0 Å². The molecule has 1 N–H and O–H groups in total. The first-order chi connectivity index (χ1) is 6.35. The highest BCUT2D eigenvalue weighted by molar-refractivity contribution is 4.96. The van der Waals surface area contributed by atoms with Gasteiger partial charge in [-0.2, -0.15) is 0 Å². The molecule has 0 atom stereocenters. The Balaban J connectivity index is 2.00. The van der Waals surface area contributed by atoms with E-state index in [2.05, 4.69) is 17.1 Å². The zero-order valence-corrected chi connectivity index (χ0v) is 8.81. The van der Waals surface area contributed by atoms with Gasteiger partial charge in [-0.3, -0.25) is 0 Å². The van der Waals surface area contributed by atoms with Gasteiger partial charge in [-0.15, -0.1) is 0 Å². The zero-order valence-electron chi connectivity index (χ0n) is 8.81. The van der Waals surface area contributed by atoms with E-state index in [-0.39, 0.29) is 0 Å². The molecule has 13 heavy (non-hydrogen) atoms. The van der Waals surface area contributed by atoms with Crippen LogP contribution in [0.5, 0.6) is 0 Å². The van der Waals surface area contributed by atoms with E-state index in [0.717, 1.165) is 0 Å². The summed E-state index contributed by atoms with van der Waals surface area (Å²) in [7, 11) is 0. The summed E-state index contributed by atoms with van der Waals surface area (Å²) in [6, 6.07) is 0. The summed E-state index contributed by atoms with van der Waals surface area (Å²) in [6.07, 6.45) is 7.01. The zero-order chi connectivity index (χ0) is 9.15. The van der Waals surface area contributed by atoms with Crippen LogP contribution in [-0.4, -0.2) is 36.6 Å². The minimum atomic E-state index is 0.506. The Morgan fingerprint density at radius 2 is 2.00 bits per heavy atom. The smallest absolute Gasteiger partial charge is 0.0308 e. The van der Waals surface area contributed by atoms with Crippen LogP contribution >= 0.6 is 0 Å². The second kappa shape index (κ2) is 3.97. The summed E-state index contributed by atoms with van der Waals surface area (Å²) < 4.78 is 0. The van der Waals surface area contributed by atoms with Gasteiger partial charge in [0.2, 0.25) is 0 Å². The molecule has 76 valence electrons. The molecule has 0 aromatic heterocycles. The molecule has 0 amide bonds. The molecule has 1 saturated carbocycles. The summed E-state index contributed by atoms with van der Waals surface area (Å²) in [5.41, 5.74) is 0.506. The Morgan fingerprint density at radius 3 is 2.69 bits per heavy atom. The molecule has 1 spiro atoms. The summed E-state index contributed by atoms with van der Waals surface area (Å²) >= 11 is 0. The summed E-state index contributed by atoms with van der Waals surface area (Å²) in [5.74, 6) is 0. The van der Waals surface area contributed by atoms with Gasteiger partial charge in [0, 0.05) is 12.1 Å². The lowest BCUT2D eigenvalue weighted by atomic mass is 9.97. The molecule has 1 aliphatic heterocycles. The third kappa shape index (κ3) is 2.05. The highest BCUT2D eigenvalue weighted by Crippen LogP contribution is 2.31. The second-order valence-electron chi connectivity index (χ2n) is 4.64. The summed E-state index contributed by atoms with van der Waals surface area (Å²) in [5, 5.41) is 3.78. The van der Waals surface area contributed by atoms with Crippen molar-refractivity contribution in [3.8, 4) is 0 Å². The molecular weight excluding hydrogens is 160 g/mol. The lowest BCUT2D eigenvalue weighted by molar-refractivity contribution is 0.218. The van der Waals surface area contributed by atoms with Crippen molar-refractivity contribution in [2.24, 2.45) is 0 Å². The molecule has 2 aliphatic rings. The number of nitrogens with zero attached hydrogens (tertiary/aromatic N) is 1. The Kier molecular flexibility index (Phi) is 2.89. The average Bonchev–Trinajstić information content (AvgIpc) is 2.48. The Bertz CT molecular complexity index is 161. The van der Waals surface area contributed by atoms with Gasteiger partial charge in [0.1, 0.15) is 0 Å². The van der Waals surface area contributed by atoms with Gasteiger partial charge in [-0.05, 0) is 38.9 Å². The van der Waals surface area contributed by atoms with Gasteiger partial charge in [-0.1, -0.05) is 19.8 Å². The number of likely N-dealkylation sites (N-methyl/N-ethyl adjacent to an activating group) is 1. The number of hydrogen-bond acceptors (Lipinski definition) is 2. The molecule has 0 aromatic rings. The summed E-state index contributed by atoms with van der Waals surface area (Å²) in [4.78, 5) is 2.62. The molecule has 2 fully saturated rings. The standard InChI is InChI=1S/C11H22N2/c1-2-13-9-5-8-12-11(10-13)6-3-4-7-11/h12H,2-10H2,1H3. The minimum absolute atomic E-state index is 0.506. The van der Waals surface area contributed by atoms with Crippen molar-refractivity contribution in [3.05, 3.63) is 0 Å². The van der Waals surface area contributed by atoms with Gasteiger partial charge in [0.25, 0.3) is 0 Å². The monoisotopic (exact) mass is 182 g/mol. The van der Waals surface area contributed by atoms with Crippen molar-refractivity contribution < 1.29 is 0 Å². The molecular formula is C11H22N2. The molecule has 1 heterocycles. The third-order valence-corrected chi connectivity index (χ3v) is 3.69. The Hall–Kier alpha value is -0.0800. The molecule has 1 saturated heterocycles. The van der Waals surface area contributed by atoms with Crippen LogP contribution in [0.2, 0.25) is 0 Å². The molecule has 2 heteroatoms. The van der Waals surface area contributed by atoms with Crippen LogP contribution in [-0.2, 0) is 0 Å². The molecule has 2 nitrogen and oxygen atoms in total. The fourth-order valence-electron chi connectivity index (χ4n) is 2.88. The third-order valence-electron chi connectivity index (χ3n) is 3.69. The molecule has 0 radical (unpaired) electrons. The van der Waals surface area contributed by atoms with E-state index in [4.69, 9.17) is 0 Å². The molecule has 0 aromatic carbocycles. The molecule has 0 bridgehead atoms. The average molecular weight is 182 g/mol. The lowest BCUT2D eigenvalue weighted by Gasteiger charge is -2.32. The van der Waals surface area contributed by atoms with Crippen LogP contribution in [0.1, 0.15) is 39.0 Å². The first kappa shape index (κ1) is 9.47. The van der Waals surface area contributed by atoms with E-state index in [9.17, 15) is 0 Å². The van der Waals surface area contributed by atoms with Crippen LogP contribution < -0.4 is 5.32 Å². The highest BCUT2D eigenvalue weighted by atomic mass is 15.2. The maximum Gasteiger partial charge on any atom is 0.0308 e. The van der Waals surface area contributed by atoms with E-state index in [1.165, 1.54) is 58.3 Å². The maximum absolute atomic E-state index is 3.78. The van der Waals surface area contributed by atoms with Crippen molar-refractivity contribution >= 4 is 0 Å². The van der Waals surface area contributed by atoms with Crippen molar-refractivity contribution in [1.29, 1.82) is 0 Å². The lowest BCUT2D eigenvalue weighted by Crippen LogP contribution is -2.49. The fourth-order valence-corrected chi connectivity index (χ4v) is 2.88. The molecule has 1 aliphatic carbocycles. The molecule has 2 rings (SSSR count). The quantitative estimate of drug-likeness (QED) is 0.663. The van der Waals surface area contributed by atoms with Crippen molar-refractivity contribution in [1.82, 2.24) is 10.2 Å². The van der Waals surface area contributed by atoms with E-state index < -0.39 is 0 Å². The van der Waals surface area contributed by atoms with Crippen LogP contribution in [0, 0.1) is 0 Å². The number of nitrogens with one attached hydrogen (secondary N) is 1. The number of rotatable bonds is 1. The first-order valence-corrected chi connectivity index (χ1v) is 5.82. The van der Waals surface area contributed by atoms with Crippen LogP contribution in [0.4, 0.5) is 0 Å². The van der Waals surface area contributed by atoms with Crippen LogP contribution in [0.3, 0.4) is 0 Å². The normalized spacial score (nSPS) is 29.3. The van der Waals surface area contributed by atoms with E-state index in [1.54, 1.807) is 0 Å². The predicted molar refractivity (Wildman–Crippen MR) is 55.9 cm³/mol. The van der Waals surface area contributed by atoms with Crippen molar-refractivity contribution in [2.45, 2.75) is 44.6 Å². The van der Waals surface area contributed by atoms with Gasteiger partial charge in [0.05, 0.1) is 0 Å². The van der Waals surface area contributed by atoms with Gasteiger partial charge in [-0.25, -0.2) is 0 Å². The second-order valence-corrected chi connectivity index (χ2v) is 4.64.